The number of aromatic nitrogens is 1. The number of halogens is 2. The van der Waals surface area contributed by atoms with Gasteiger partial charge in [-0.15, -0.1) is 5.10 Å². The van der Waals surface area contributed by atoms with Gasteiger partial charge >= 0.3 is 0 Å². The summed E-state index contributed by atoms with van der Waals surface area (Å²) in [6.07, 6.45) is 6.97. The maximum Gasteiger partial charge on any atom is 0.242 e. The number of hydrogen-bond donors (Lipinski definition) is 0. The van der Waals surface area contributed by atoms with Gasteiger partial charge < -0.3 is 4.42 Å². The molecule has 3 aromatic rings. The minimum Gasteiger partial charge on any atom is -0.467 e. The van der Waals surface area contributed by atoms with E-state index in [4.69, 9.17) is 27.6 Å². The molecule has 3 heterocycles. The Kier molecular flexibility index (Phi) is 6.52. The maximum atomic E-state index is 13.1. The van der Waals surface area contributed by atoms with Gasteiger partial charge in [-0.25, -0.2) is 0 Å². The van der Waals surface area contributed by atoms with E-state index >= 15 is 0 Å². The Morgan fingerprint density at radius 1 is 1.23 bits per heavy atom. The Hall–Kier alpha value is -2.61. The van der Waals surface area contributed by atoms with Crippen molar-refractivity contribution in [2.75, 3.05) is 0 Å². The van der Waals surface area contributed by atoms with E-state index in [1.807, 2.05) is 18.2 Å². The highest BCUT2D eigenvalue weighted by Gasteiger charge is 2.39. The number of pyridine rings is 1. The zero-order chi connectivity index (χ0) is 20.9. The van der Waals surface area contributed by atoms with Crippen LogP contribution in [0.25, 0.3) is 0 Å². The van der Waals surface area contributed by atoms with Crippen LogP contribution in [0.4, 0.5) is 0 Å². The van der Waals surface area contributed by atoms with Crippen LogP contribution in [0.2, 0.25) is 10.0 Å². The van der Waals surface area contributed by atoms with Gasteiger partial charge in [0.2, 0.25) is 5.91 Å². The lowest BCUT2D eigenvalue weighted by molar-refractivity contribution is -0.126. The summed E-state index contributed by atoms with van der Waals surface area (Å²) in [6, 6.07) is 12.5. The Bertz CT molecular complexity index is 1090. The summed E-state index contributed by atoms with van der Waals surface area (Å²) in [5.41, 5.74) is 1.63. The number of hydrogen-bond acceptors (Lipinski definition) is 6. The van der Waals surface area contributed by atoms with Gasteiger partial charge in [-0.2, -0.15) is 5.10 Å². The molecule has 152 valence electrons. The van der Waals surface area contributed by atoms with Crippen LogP contribution in [-0.4, -0.2) is 32.4 Å². The van der Waals surface area contributed by atoms with E-state index in [0.717, 1.165) is 11.1 Å². The summed E-state index contributed by atoms with van der Waals surface area (Å²) in [4.78, 5) is 18.7. The fourth-order valence-electron chi connectivity index (χ4n) is 2.92. The van der Waals surface area contributed by atoms with Gasteiger partial charge in [0, 0.05) is 28.0 Å². The van der Waals surface area contributed by atoms with E-state index in [2.05, 4.69) is 15.2 Å². The molecule has 0 unspecified atom stereocenters. The molecule has 1 amide bonds. The molecule has 1 aromatic carbocycles. The SMILES string of the molecule is O=C1[C@H](Cc2cc(Cl)ccc2Cl)S/C(=N\N=C/c2cccnc2)N1Cc1ccco1. The predicted molar refractivity (Wildman–Crippen MR) is 120 cm³/mol. The first kappa shape index (κ1) is 20.7. The molecule has 1 atom stereocenters. The first-order chi connectivity index (χ1) is 14.6. The number of benzene rings is 1. The van der Waals surface area contributed by atoms with Crippen LogP contribution >= 0.6 is 35.0 Å². The van der Waals surface area contributed by atoms with Crippen molar-refractivity contribution >= 4 is 52.3 Å². The summed E-state index contributed by atoms with van der Waals surface area (Å²) in [6.45, 7) is 0.278. The fraction of sp³-hybridized carbons (Fsp3) is 0.143. The Morgan fingerprint density at radius 2 is 2.13 bits per heavy atom. The largest absolute Gasteiger partial charge is 0.467 e. The summed E-state index contributed by atoms with van der Waals surface area (Å²) in [5, 5.41) is 9.69. The highest BCUT2D eigenvalue weighted by molar-refractivity contribution is 8.15. The molecule has 1 saturated heterocycles. The highest BCUT2D eigenvalue weighted by Crippen LogP contribution is 2.33. The summed E-state index contributed by atoms with van der Waals surface area (Å²) in [5.74, 6) is 0.581. The lowest BCUT2D eigenvalue weighted by Crippen LogP contribution is -2.32. The van der Waals surface area contributed by atoms with Crippen molar-refractivity contribution in [3.8, 4) is 0 Å². The van der Waals surface area contributed by atoms with Gasteiger partial charge in [-0.1, -0.05) is 41.0 Å². The van der Waals surface area contributed by atoms with Crippen LogP contribution < -0.4 is 0 Å². The average molecular weight is 459 g/mol. The Labute approximate surface area is 187 Å². The Morgan fingerprint density at radius 3 is 2.90 bits per heavy atom. The molecule has 2 aromatic heterocycles. The number of carbonyl (C=O) groups is 1. The minimum atomic E-state index is -0.386. The molecular weight excluding hydrogens is 443 g/mol. The number of thioether (sulfide) groups is 1. The zero-order valence-electron chi connectivity index (χ0n) is 15.6. The second-order valence-corrected chi connectivity index (χ2v) is 8.48. The van der Waals surface area contributed by atoms with Gasteiger partial charge in [-0.05, 0) is 48.4 Å². The third-order valence-electron chi connectivity index (χ3n) is 4.36. The second kappa shape index (κ2) is 9.47. The molecule has 0 bridgehead atoms. The highest BCUT2D eigenvalue weighted by atomic mass is 35.5. The number of amidine groups is 1. The van der Waals surface area contributed by atoms with Crippen molar-refractivity contribution in [1.82, 2.24) is 9.88 Å². The molecule has 0 aliphatic carbocycles. The third-order valence-corrected chi connectivity index (χ3v) is 6.13. The molecule has 6 nitrogen and oxygen atoms in total. The van der Waals surface area contributed by atoms with Crippen LogP contribution in [0.5, 0.6) is 0 Å². The van der Waals surface area contributed by atoms with E-state index in [1.165, 1.54) is 11.8 Å². The number of nitrogens with zero attached hydrogens (tertiary/aromatic N) is 4. The predicted octanol–water partition coefficient (Wildman–Crippen LogP) is 5.06. The molecule has 0 saturated carbocycles. The molecule has 1 fully saturated rings. The molecule has 1 aliphatic heterocycles. The maximum absolute atomic E-state index is 13.1. The number of amides is 1. The summed E-state index contributed by atoms with van der Waals surface area (Å²) >= 11 is 13.7. The van der Waals surface area contributed by atoms with Crippen molar-refractivity contribution in [2.24, 2.45) is 10.2 Å². The minimum absolute atomic E-state index is 0.0808. The molecule has 9 heteroatoms. The normalized spacial score (nSPS) is 18.1. The van der Waals surface area contributed by atoms with E-state index in [1.54, 1.807) is 54.0 Å². The molecular formula is C21H16Cl2N4O2S. The van der Waals surface area contributed by atoms with Crippen LogP contribution in [0.3, 0.4) is 0 Å². The van der Waals surface area contributed by atoms with Crippen molar-refractivity contribution in [2.45, 2.75) is 18.2 Å². The van der Waals surface area contributed by atoms with Crippen molar-refractivity contribution < 1.29 is 9.21 Å². The van der Waals surface area contributed by atoms with Gasteiger partial charge in [-0.3, -0.25) is 14.7 Å². The Balaban J connectivity index is 1.57. The molecule has 0 spiro atoms. The first-order valence-electron chi connectivity index (χ1n) is 9.05. The quantitative estimate of drug-likeness (QED) is 0.382. The average Bonchev–Trinajstić information content (AvgIpc) is 3.36. The van der Waals surface area contributed by atoms with E-state index in [-0.39, 0.29) is 17.7 Å². The van der Waals surface area contributed by atoms with Gasteiger partial charge in [0.05, 0.1) is 24.3 Å². The van der Waals surface area contributed by atoms with E-state index in [9.17, 15) is 4.79 Å². The molecule has 30 heavy (non-hydrogen) atoms. The topological polar surface area (TPSA) is 71.1 Å². The number of rotatable bonds is 6. The van der Waals surface area contributed by atoms with Crippen LogP contribution in [0.1, 0.15) is 16.9 Å². The van der Waals surface area contributed by atoms with E-state index in [0.29, 0.717) is 27.4 Å². The van der Waals surface area contributed by atoms with Gasteiger partial charge in [0.15, 0.2) is 5.17 Å². The molecule has 1 aliphatic rings. The van der Waals surface area contributed by atoms with Crippen molar-refractivity contribution in [3.05, 3.63) is 88.1 Å². The van der Waals surface area contributed by atoms with Crippen LogP contribution in [0.15, 0.2) is 75.7 Å². The van der Waals surface area contributed by atoms with Crippen LogP contribution in [-0.2, 0) is 17.8 Å². The third kappa shape index (κ3) is 4.92. The number of carbonyl (C=O) groups excluding carboxylic acids is 1. The lowest BCUT2D eigenvalue weighted by Gasteiger charge is -2.14. The monoisotopic (exact) mass is 458 g/mol. The molecule has 0 radical (unpaired) electrons. The van der Waals surface area contributed by atoms with Crippen molar-refractivity contribution in [3.63, 3.8) is 0 Å². The lowest BCUT2D eigenvalue weighted by atomic mass is 10.1. The van der Waals surface area contributed by atoms with E-state index < -0.39 is 0 Å². The van der Waals surface area contributed by atoms with Crippen LogP contribution in [0, 0.1) is 0 Å². The smallest absolute Gasteiger partial charge is 0.242 e. The zero-order valence-corrected chi connectivity index (χ0v) is 17.9. The standard InChI is InChI=1S/C21H16Cl2N4O2S/c22-16-5-6-18(23)15(9-16)10-19-20(28)27(13-17-4-2-8-29-17)21(30-19)26-25-12-14-3-1-7-24-11-14/h1-9,11-12,19H,10,13H2/b25-12-,26-21-/t19-/m0/s1. The fourth-order valence-corrected chi connectivity index (χ4v) is 4.43. The van der Waals surface area contributed by atoms with Gasteiger partial charge in [0.25, 0.3) is 0 Å². The molecule has 4 rings (SSSR count). The summed E-state index contributed by atoms with van der Waals surface area (Å²) in [7, 11) is 0. The molecule has 0 N–H and O–H groups in total. The second-order valence-electron chi connectivity index (χ2n) is 6.46. The first-order valence-corrected chi connectivity index (χ1v) is 10.7. The number of furan rings is 1. The van der Waals surface area contributed by atoms with Crippen molar-refractivity contribution in [1.29, 1.82) is 0 Å². The van der Waals surface area contributed by atoms with Gasteiger partial charge in [0.1, 0.15) is 5.76 Å². The summed E-state index contributed by atoms with van der Waals surface area (Å²) < 4.78 is 5.41.